The van der Waals surface area contributed by atoms with Gasteiger partial charge in [-0.3, -0.25) is 9.59 Å². The van der Waals surface area contributed by atoms with Crippen molar-refractivity contribution in [3.8, 4) is 0 Å². The van der Waals surface area contributed by atoms with E-state index in [0.29, 0.717) is 44.9 Å². The summed E-state index contributed by atoms with van der Waals surface area (Å²) in [5.74, 6) is 0.325. The number of carbonyl (C=O) groups is 2. The van der Waals surface area contributed by atoms with Crippen LogP contribution in [0.1, 0.15) is 59.8 Å². The van der Waals surface area contributed by atoms with Gasteiger partial charge in [-0.05, 0) is 74.1 Å². The molecule has 1 unspecified atom stereocenters. The third-order valence-corrected chi connectivity index (χ3v) is 10.8. The molecule has 9 heteroatoms. The highest BCUT2D eigenvalue weighted by atomic mass is 32.2. The number of nitrogens with zero attached hydrogens (tertiary/aromatic N) is 1. The van der Waals surface area contributed by atoms with Crippen LogP contribution in [-0.4, -0.2) is 94.2 Å². The average molecular weight is 587 g/mol. The van der Waals surface area contributed by atoms with Crippen molar-refractivity contribution in [2.24, 2.45) is 0 Å². The van der Waals surface area contributed by atoms with Gasteiger partial charge in [0.05, 0.1) is 25.4 Å². The average Bonchev–Trinajstić information content (AvgIpc) is 2.94. The summed E-state index contributed by atoms with van der Waals surface area (Å²) in [5.41, 5.74) is 4.75. The Kier molecular flexibility index (Phi) is 10.5. The van der Waals surface area contributed by atoms with Crippen LogP contribution < -0.4 is 5.32 Å². The maximum absolute atomic E-state index is 12.8. The molecule has 226 valence electrons. The second-order valence-electron chi connectivity index (χ2n) is 12.0. The van der Waals surface area contributed by atoms with Crippen LogP contribution in [0.5, 0.6) is 0 Å². The normalized spacial score (nSPS) is 26.0. The van der Waals surface area contributed by atoms with Crippen molar-refractivity contribution in [3.63, 3.8) is 0 Å². The van der Waals surface area contributed by atoms with Crippen molar-refractivity contribution in [1.82, 2.24) is 10.2 Å². The van der Waals surface area contributed by atoms with E-state index in [2.05, 4.69) is 54.9 Å². The monoisotopic (exact) mass is 586 g/mol. The van der Waals surface area contributed by atoms with Gasteiger partial charge in [0, 0.05) is 30.5 Å². The van der Waals surface area contributed by atoms with Crippen LogP contribution in [0.2, 0.25) is 0 Å². The topological polar surface area (TPSA) is 119 Å². The van der Waals surface area contributed by atoms with Crippen LogP contribution in [-0.2, 0) is 27.2 Å². The first kappa shape index (κ1) is 31.5. The Hall–Kier alpha value is -2.43. The van der Waals surface area contributed by atoms with Crippen LogP contribution in [0.3, 0.4) is 0 Å². The molecule has 8 nitrogen and oxygen atoms in total. The van der Waals surface area contributed by atoms with Gasteiger partial charge >= 0.3 is 0 Å². The molecule has 2 aliphatic heterocycles. The number of ether oxygens (including phenoxy) is 1. The lowest BCUT2D eigenvalue weighted by atomic mass is 9.93. The number of aryl methyl sites for hydroxylation is 2. The molecule has 5 atom stereocenters. The number of hydrogen-bond donors (Lipinski definition) is 5. The van der Waals surface area contributed by atoms with Gasteiger partial charge in [-0.15, -0.1) is 0 Å². The number of morpholine rings is 1. The third-order valence-electron chi connectivity index (χ3n) is 8.30. The van der Waals surface area contributed by atoms with E-state index in [1.165, 1.54) is 16.7 Å². The van der Waals surface area contributed by atoms with Crippen LogP contribution in [0.25, 0.3) is 0 Å². The standard InChI is InChI=1S/C32H46N2O6S/c1-21-8-13-24(30-29(38)28(37)26(35)20-41(30)4)19-25(21)18-23-11-9-22(10-12-23)6-5-7-27(36)33-32(2,3)31(39)34-14-16-40-17-15-34/h8-13,19,26,28-30,35,37-38,41H,5-7,14-18,20H2,1-4H3,(H,33,36)/t26-,28-,29-,30+/m1/s1. The summed E-state index contributed by atoms with van der Waals surface area (Å²) in [5, 5.41) is 33.8. The minimum Gasteiger partial charge on any atom is -0.390 e. The van der Waals surface area contributed by atoms with E-state index >= 15 is 0 Å². The lowest BCUT2D eigenvalue weighted by Gasteiger charge is -2.42. The number of aliphatic hydroxyl groups excluding tert-OH is 3. The molecule has 0 saturated carbocycles. The first-order chi connectivity index (χ1) is 19.5. The van der Waals surface area contributed by atoms with Gasteiger partial charge in [-0.1, -0.05) is 42.5 Å². The molecule has 0 spiro atoms. The Morgan fingerprint density at radius 3 is 2.37 bits per heavy atom. The van der Waals surface area contributed by atoms with E-state index in [4.69, 9.17) is 4.74 Å². The van der Waals surface area contributed by atoms with E-state index in [9.17, 15) is 24.9 Å². The number of benzene rings is 2. The molecule has 2 aromatic carbocycles. The molecule has 2 saturated heterocycles. The molecule has 2 heterocycles. The molecular weight excluding hydrogens is 540 g/mol. The smallest absolute Gasteiger partial charge is 0.247 e. The van der Waals surface area contributed by atoms with Crippen LogP contribution in [0, 0.1) is 6.92 Å². The van der Waals surface area contributed by atoms with Gasteiger partial charge < -0.3 is 30.3 Å². The summed E-state index contributed by atoms with van der Waals surface area (Å²) in [6, 6.07) is 14.7. The molecule has 0 radical (unpaired) electrons. The zero-order valence-corrected chi connectivity index (χ0v) is 25.6. The van der Waals surface area contributed by atoms with E-state index in [-0.39, 0.29) is 17.1 Å². The molecule has 2 aromatic rings. The zero-order valence-electron chi connectivity index (χ0n) is 24.7. The predicted molar refractivity (Wildman–Crippen MR) is 164 cm³/mol. The van der Waals surface area contributed by atoms with Gasteiger partial charge in [-0.2, -0.15) is 0 Å². The minimum atomic E-state index is -1.12. The first-order valence-corrected chi connectivity index (χ1v) is 16.6. The fraction of sp³-hybridized carbons (Fsp3) is 0.562. The Morgan fingerprint density at radius 2 is 1.68 bits per heavy atom. The van der Waals surface area contributed by atoms with Gasteiger partial charge in [-0.25, -0.2) is 10.9 Å². The molecule has 0 aromatic heterocycles. The van der Waals surface area contributed by atoms with Gasteiger partial charge in [0.2, 0.25) is 11.8 Å². The lowest BCUT2D eigenvalue weighted by molar-refractivity contribution is -0.143. The first-order valence-electron chi connectivity index (χ1n) is 14.6. The molecule has 4 N–H and O–H groups in total. The number of rotatable bonds is 9. The van der Waals surface area contributed by atoms with E-state index in [0.717, 1.165) is 24.0 Å². The molecule has 0 bridgehead atoms. The van der Waals surface area contributed by atoms with E-state index in [1.807, 2.05) is 6.07 Å². The highest BCUT2D eigenvalue weighted by Crippen LogP contribution is 2.48. The predicted octanol–water partition coefficient (Wildman–Crippen LogP) is 2.43. The van der Waals surface area contributed by atoms with Crippen LogP contribution in [0.15, 0.2) is 42.5 Å². The summed E-state index contributed by atoms with van der Waals surface area (Å²) >= 11 is 0. The van der Waals surface area contributed by atoms with E-state index < -0.39 is 34.7 Å². The van der Waals surface area contributed by atoms with Crippen molar-refractivity contribution in [2.45, 2.75) is 75.6 Å². The number of nitrogens with one attached hydrogen (secondary N) is 1. The van der Waals surface area contributed by atoms with Crippen molar-refractivity contribution >= 4 is 22.7 Å². The SMILES string of the molecule is Cc1ccc([C@H]2[C@H](O)[C@H](O)[C@H](O)C[SH]2C)cc1Cc1ccc(CCCC(=O)NC(C)(C)C(=O)N2CCOCC2)cc1. The maximum Gasteiger partial charge on any atom is 0.247 e. The summed E-state index contributed by atoms with van der Waals surface area (Å²) in [7, 11) is -0.660. The fourth-order valence-corrected chi connectivity index (χ4v) is 8.23. The zero-order chi connectivity index (χ0) is 29.7. The van der Waals surface area contributed by atoms with Gasteiger partial charge in [0.25, 0.3) is 0 Å². The van der Waals surface area contributed by atoms with Crippen molar-refractivity contribution in [3.05, 3.63) is 70.3 Å². The lowest BCUT2D eigenvalue weighted by Crippen LogP contribution is -2.57. The highest BCUT2D eigenvalue weighted by Gasteiger charge is 2.40. The van der Waals surface area contributed by atoms with Crippen molar-refractivity contribution < 1.29 is 29.6 Å². The molecule has 2 aliphatic rings. The molecule has 2 fully saturated rings. The molecule has 4 rings (SSSR count). The van der Waals surface area contributed by atoms with Crippen LogP contribution >= 0.6 is 10.9 Å². The largest absolute Gasteiger partial charge is 0.390 e. The third kappa shape index (κ3) is 7.90. The second-order valence-corrected chi connectivity index (χ2v) is 14.5. The van der Waals surface area contributed by atoms with Crippen molar-refractivity contribution in [1.29, 1.82) is 0 Å². The molecule has 0 aliphatic carbocycles. The number of hydrogen-bond acceptors (Lipinski definition) is 6. The summed E-state index contributed by atoms with van der Waals surface area (Å²) in [6.07, 6.45) is 1.69. The van der Waals surface area contributed by atoms with Crippen LogP contribution in [0.4, 0.5) is 0 Å². The second kappa shape index (κ2) is 13.7. The Balaban J connectivity index is 1.29. The Labute approximate surface area is 246 Å². The Morgan fingerprint density at radius 1 is 1.02 bits per heavy atom. The molecule has 41 heavy (non-hydrogen) atoms. The van der Waals surface area contributed by atoms with Gasteiger partial charge in [0.15, 0.2) is 0 Å². The summed E-state index contributed by atoms with van der Waals surface area (Å²) in [6.45, 7) is 7.76. The minimum absolute atomic E-state index is 0.0766. The Bertz CT molecular complexity index is 1200. The van der Waals surface area contributed by atoms with Crippen molar-refractivity contribution in [2.75, 3.05) is 38.3 Å². The van der Waals surface area contributed by atoms with E-state index in [1.54, 1.807) is 18.7 Å². The number of carbonyl (C=O) groups excluding carboxylic acids is 2. The summed E-state index contributed by atoms with van der Waals surface area (Å²) in [4.78, 5) is 27.2. The highest BCUT2D eigenvalue weighted by molar-refractivity contribution is 8.16. The molecular formula is C32H46N2O6S. The quantitative estimate of drug-likeness (QED) is 0.288. The summed E-state index contributed by atoms with van der Waals surface area (Å²) < 4.78 is 5.32. The number of amides is 2. The van der Waals surface area contributed by atoms with Gasteiger partial charge in [0.1, 0.15) is 11.6 Å². The number of aliphatic hydroxyl groups is 3. The molecule has 2 amide bonds. The fourth-order valence-electron chi connectivity index (χ4n) is 5.83. The number of thiol groups is 1. The maximum atomic E-state index is 12.8.